The molecule has 0 aliphatic rings. The number of nitrogens with one attached hydrogen (secondary N) is 2. The fourth-order valence-electron chi connectivity index (χ4n) is 1.65. The van der Waals surface area contributed by atoms with Crippen molar-refractivity contribution in [3.8, 4) is 0 Å². The molecule has 0 atom stereocenters. The Morgan fingerprint density at radius 1 is 0.952 bits per heavy atom. The molecule has 3 N–H and O–H groups in total. The first kappa shape index (κ1) is 14.5. The number of carboxylic acids is 1. The molecule has 0 fully saturated rings. The minimum absolute atomic E-state index is 0.0202. The van der Waals surface area contributed by atoms with Crippen LogP contribution in [0.15, 0.2) is 48.5 Å². The number of hydrogen-bond acceptors (Lipinski definition) is 3. The molecule has 0 aliphatic carbocycles. The van der Waals surface area contributed by atoms with Gasteiger partial charge in [-0.15, -0.1) is 0 Å². The summed E-state index contributed by atoms with van der Waals surface area (Å²) in [5.74, 6) is -1.66. The van der Waals surface area contributed by atoms with Gasteiger partial charge >= 0.3 is 5.97 Å². The van der Waals surface area contributed by atoms with Crippen LogP contribution in [0.3, 0.4) is 0 Å². The molecule has 1 amide bonds. The number of halogens is 1. The van der Waals surface area contributed by atoms with Crippen LogP contribution in [-0.4, -0.2) is 23.5 Å². The van der Waals surface area contributed by atoms with E-state index in [1.54, 1.807) is 0 Å². The van der Waals surface area contributed by atoms with Gasteiger partial charge in [0, 0.05) is 11.4 Å². The van der Waals surface area contributed by atoms with Gasteiger partial charge in [-0.3, -0.25) is 4.79 Å². The van der Waals surface area contributed by atoms with Crippen molar-refractivity contribution in [2.45, 2.75) is 0 Å². The lowest BCUT2D eigenvalue weighted by molar-refractivity contribution is -0.114. The van der Waals surface area contributed by atoms with Gasteiger partial charge in [-0.25, -0.2) is 9.18 Å². The van der Waals surface area contributed by atoms with Gasteiger partial charge in [0.2, 0.25) is 5.91 Å². The average Bonchev–Trinajstić information content (AvgIpc) is 2.47. The minimum atomic E-state index is -1.02. The highest BCUT2D eigenvalue weighted by atomic mass is 19.1. The molecule has 0 saturated heterocycles. The van der Waals surface area contributed by atoms with Crippen molar-refractivity contribution >= 4 is 23.3 Å². The van der Waals surface area contributed by atoms with Crippen LogP contribution in [0.5, 0.6) is 0 Å². The van der Waals surface area contributed by atoms with Crippen LogP contribution in [0.4, 0.5) is 15.8 Å². The summed E-state index contributed by atoms with van der Waals surface area (Å²) in [6.45, 7) is 0.0202. The highest BCUT2D eigenvalue weighted by Gasteiger charge is 2.05. The number of hydrogen-bond donors (Lipinski definition) is 3. The molecule has 108 valence electrons. The topological polar surface area (TPSA) is 78.4 Å². The smallest absolute Gasteiger partial charge is 0.335 e. The van der Waals surface area contributed by atoms with Gasteiger partial charge in [-0.2, -0.15) is 0 Å². The molecule has 0 aliphatic heterocycles. The van der Waals surface area contributed by atoms with Crippen molar-refractivity contribution in [1.82, 2.24) is 0 Å². The molecular formula is C15H13FN2O3. The Hall–Kier alpha value is -2.89. The van der Waals surface area contributed by atoms with E-state index in [2.05, 4.69) is 10.6 Å². The van der Waals surface area contributed by atoms with E-state index in [0.717, 1.165) is 0 Å². The predicted octanol–water partition coefficient (Wildman–Crippen LogP) is 2.57. The van der Waals surface area contributed by atoms with Crippen molar-refractivity contribution in [3.63, 3.8) is 0 Å². The molecule has 0 heterocycles. The number of anilines is 2. The van der Waals surface area contributed by atoms with Crippen molar-refractivity contribution in [3.05, 3.63) is 59.9 Å². The molecule has 2 aromatic rings. The van der Waals surface area contributed by atoms with Gasteiger partial charge < -0.3 is 15.7 Å². The van der Waals surface area contributed by atoms with E-state index < -0.39 is 5.97 Å². The van der Waals surface area contributed by atoms with Crippen LogP contribution in [0.1, 0.15) is 10.4 Å². The molecule has 0 unspecified atom stereocenters. The van der Waals surface area contributed by atoms with Crippen LogP contribution < -0.4 is 10.6 Å². The average molecular weight is 288 g/mol. The van der Waals surface area contributed by atoms with Crippen LogP contribution >= 0.6 is 0 Å². The molecule has 21 heavy (non-hydrogen) atoms. The Bertz CT molecular complexity index is 639. The Morgan fingerprint density at radius 3 is 2.10 bits per heavy atom. The number of amides is 1. The van der Waals surface area contributed by atoms with Crippen molar-refractivity contribution in [1.29, 1.82) is 0 Å². The monoisotopic (exact) mass is 288 g/mol. The molecule has 5 nitrogen and oxygen atoms in total. The van der Waals surface area contributed by atoms with Crippen molar-refractivity contribution in [2.75, 3.05) is 17.2 Å². The Balaban J connectivity index is 1.86. The van der Waals surface area contributed by atoms with Crippen LogP contribution in [0.25, 0.3) is 0 Å². The number of carboxylic acid groups (broad SMARTS) is 1. The zero-order valence-electron chi connectivity index (χ0n) is 11.0. The molecule has 6 heteroatoms. The van der Waals surface area contributed by atoms with Gasteiger partial charge in [0.05, 0.1) is 12.1 Å². The van der Waals surface area contributed by atoms with Gasteiger partial charge in [-0.1, -0.05) is 0 Å². The van der Waals surface area contributed by atoms with E-state index in [1.807, 2.05) is 0 Å². The highest BCUT2D eigenvalue weighted by molar-refractivity contribution is 5.94. The summed E-state index contributed by atoms with van der Waals surface area (Å²) < 4.78 is 12.7. The molecule has 0 aromatic heterocycles. The number of benzene rings is 2. The first-order valence-corrected chi connectivity index (χ1v) is 6.17. The second kappa shape index (κ2) is 6.51. The largest absolute Gasteiger partial charge is 0.478 e. The van der Waals surface area contributed by atoms with Crippen molar-refractivity contribution < 1.29 is 19.1 Å². The quantitative estimate of drug-likeness (QED) is 0.790. The third-order valence-corrected chi connectivity index (χ3v) is 2.71. The van der Waals surface area contributed by atoms with E-state index in [4.69, 9.17) is 5.11 Å². The van der Waals surface area contributed by atoms with Crippen LogP contribution in [0, 0.1) is 5.82 Å². The van der Waals surface area contributed by atoms with E-state index in [-0.39, 0.29) is 23.8 Å². The van der Waals surface area contributed by atoms with Crippen molar-refractivity contribution in [2.24, 2.45) is 0 Å². The molecule has 2 aromatic carbocycles. The first-order chi connectivity index (χ1) is 10.0. The zero-order chi connectivity index (χ0) is 15.2. The summed E-state index contributed by atoms with van der Waals surface area (Å²) in [4.78, 5) is 22.4. The van der Waals surface area contributed by atoms with Crippen LogP contribution in [0.2, 0.25) is 0 Å². The fraction of sp³-hybridized carbons (Fsp3) is 0.0667. The Kier molecular flexibility index (Phi) is 4.50. The second-order valence-electron chi connectivity index (χ2n) is 4.29. The summed E-state index contributed by atoms with van der Waals surface area (Å²) >= 11 is 0. The summed E-state index contributed by atoms with van der Waals surface area (Å²) in [5.41, 5.74) is 1.29. The number of carbonyl (C=O) groups is 2. The highest BCUT2D eigenvalue weighted by Crippen LogP contribution is 2.10. The summed E-state index contributed by atoms with van der Waals surface area (Å²) in [6, 6.07) is 11.5. The number of carbonyl (C=O) groups excluding carboxylic acids is 1. The maximum absolute atomic E-state index is 12.7. The van der Waals surface area contributed by atoms with E-state index in [1.165, 1.54) is 48.5 Å². The molecular weight excluding hydrogens is 275 g/mol. The lowest BCUT2D eigenvalue weighted by Gasteiger charge is -2.08. The fourth-order valence-corrected chi connectivity index (χ4v) is 1.65. The lowest BCUT2D eigenvalue weighted by atomic mass is 10.2. The molecule has 2 rings (SSSR count). The van der Waals surface area contributed by atoms with E-state index in [0.29, 0.717) is 11.4 Å². The SMILES string of the molecule is O=C(CNc1ccc(F)cc1)Nc1ccc(C(=O)O)cc1. The Morgan fingerprint density at radius 2 is 1.52 bits per heavy atom. The van der Waals surface area contributed by atoms with Gasteiger partial charge in [-0.05, 0) is 48.5 Å². The number of rotatable bonds is 5. The molecule has 0 bridgehead atoms. The van der Waals surface area contributed by atoms with Gasteiger partial charge in [0.15, 0.2) is 0 Å². The second-order valence-corrected chi connectivity index (χ2v) is 4.29. The Labute approximate surface area is 120 Å². The molecule has 0 radical (unpaired) electrons. The maximum Gasteiger partial charge on any atom is 0.335 e. The third-order valence-electron chi connectivity index (χ3n) is 2.71. The summed E-state index contributed by atoms with van der Waals surface area (Å²) in [6.07, 6.45) is 0. The number of aromatic carboxylic acids is 1. The lowest BCUT2D eigenvalue weighted by Crippen LogP contribution is -2.21. The van der Waals surface area contributed by atoms with E-state index in [9.17, 15) is 14.0 Å². The maximum atomic E-state index is 12.7. The standard InChI is InChI=1S/C15H13FN2O3/c16-11-3-7-12(8-4-11)17-9-14(19)18-13-5-1-10(2-6-13)15(20)21/h1-8,17H,9H2,(H,18,19)(H,20,21). The van der Waals surface area contributed by atoms with E-state index >= 15 is 0 Å². The minimum Gasteiger partial charge on any atom is -0.478 e. The molecule has 0 spiro atoms. The third kappa shape index (κ3) is 4.31. The van der Waals surface area contributed by atoms with Crippen LogP contribution in [-0.2, 0) is 4.79 Å². The first-order valence-electron chi connectivity index (χ1n) is 6.17. The normalized spacial score (nSPS) is 9.95. The molecule has 0 saturated carbocycles. The summed E-state index contributed by atoms with van der Waals surface area (Å²) in [5, 5.41) is 14.2. The van der Waals surface area contributed by atoms with Gasteiger partial charge in [0.1, 0.15) is 5.82 Å². The summed E-state index contributed by atoms with van der Waals surface area (Å²) in [7, 11) is 0. The zero-order valence-corrected chi connectivity index (χ0v) is 11.0. The predicted molar refractivity (Wildman–Crippen MR) is 76.9 cm³/mol. The van der Waals surface area contributed by atoms with Gasteiger partial charge in [0.25, 0.3) is 0 Å².